The van der Waals surface area contributed by atoms with Crippen LogP contribution in [-0.4, -0.2) is 30.8 Å². The van der Waals surface area contributed by atoms with E-state index < -0.39 is 22.3 Å². The standard InChI is InChI=1S/C26H22N2O6S/c1-4-34-26(30)23-22(18-9-8-17-13-20(33-3)11-10-16(17)12-18)15(2)35-25(23)27-14-19-6-5-7-21(24(19)29)28(31)32/h5-14,29H,4H2,1-3H3/p-1. The number of rotatable bonds is 7. The van der Waals surface area contributed by atoms with Crippen LogP contribution in [-0.2, 0) is 4.74 Å². The van der Waals surface area contributed by atoms with Crippen molar-refractivity contribution >= 4 is 45.0 Å². The molecule has 1 aromatic heterocycles. The Balaban J connectivity index is 1.83. The lowest BCUT2D eigenvalue weighted by Crippen LogP contribution is -2.05. The zero-order valence-electron chi connectivity index (χ0n) is 19.2. The van der Waals surface area contributed by atoms with Gasteiger partial charge in [0, 0.05) is 22.7 Å². The lowest BCUT2D eigenvalue weighted by Gasteiger charge is -2.10. The van der Waals surface area contributed by atoms with E-state index in [9.17, 15) is 20.0 Å². The highest BCUT2D eigenvalue weighted by Gasteiger charge is 2.24. The van der Waals surface area contributed by atoms with Crippen molar-refractivity contribution in [2.24, 2.45) is 4.99 Å². The van der Waals surface area contributed by atoms with Crippen molar-refractivity contribution in [1.29, 1.82) is 0 Å². The summed E-state index contributed by atoms with van der Waals surface area (Å²) in [6, 6.07) is 15.6. The molecule has 4 rings (SSSR count). The lowest BCUT2D eigenvalue weighted by atomic mass is 9.98. The summed E-state index contributed by atoms with van der Waals surface area (Å²) in [5.74, 6) is -0.521. The van der Waals surface area contributed by atoms with Gasteiger partial charge in [0.1, 0.15) is 16.3 Å². The van der Waals surface area contributed by atoms with Crippen LogP contribution in [0.5, 0.6) is 11.5 Å². The number of aryl methyl sites for hydroxylation is 1. The van der Waals surface area contributed by atoms with Crippen LogP contribution in [0.3, 0.4) is 0 Å². The van der Waals surface area contributed by atoms with E-state index in [1.165, 1.54) is 29.7 Å². The number of nitrogens with zero attached hydrogens (tertiary/aromatic N) is 2. The van der Waals surface area contributed by atoms with Gasteiger partial charge >= 0.3 is 5.97 Å². The molecule has 0 N–H and O–H groups in total. The molecule has 1 heterocycles. The second kappa shape index (κ2) is 9.94. The normalized spacial score (nSPS) is 11.2. The average Bonchev–Trinajstić information content (AvgIpc) is 3.18. The summed E-state index contributed by atoms with van der Waals surface area (Å²) in [6.07, 6.45) is 1.25. The van der Waals surface area contributed by atoms with Crippen molar-refractivity contribution in [3.63, 3.8) is 0 Å². The molecule has 178 valence electrons. The fourth-order valence-corrected chi connectivity index (χ4v) is 4.79. The molecular weight excluding hydrogens is 468 g/mol. The van der Waals surface area contributed by atoms with Crippen LogP contribution in [0.15, 0.2) is 59.6 Å². The molecule has 35 heavy (non-hydrogen) atoms. The summed E-state index contributed by atoms with van der Waals surface area (Å²) in [7, 11) is 1.61. The predicted molar refractivity (Wildman–Crippen MR) is 134 cm³/mol. The number of para-hydroxylation sites is 1. The van der Waals surface area contributed by atoms with Gasteiger partial charge in [0.25, 0.3) is 5.69 Å². The Morgan fingerprint density at radius 1 is 1.14 bits per heavy atom. The van der Waals surface area contributed by atoms with Crippen LogP contribution < -0.4 is 9.84 Å². The van der Waals surface area contributed by atoms with E-state index >= 15 is 0 Å². The number of esters is 1. The number of fused-ring (bicyclic) bond motifs is 1. The number of carbonyl (C=O) groups is 1. The lowest BCUT2D eigenvalue weighted by molar-refractivity contribution is -0.398. The Labute approximate surface area is 205 Å². The number of thiophene rings is 1. The van der Waals surface area contributed by atoms with Gasteiger partial charge in [-0.2, -0.15) is 0 Å². The Bertz CT molecular complexity index is 1470. The van der Waals surface area contributed by atoms with E-state index in [1.54, 1.807) is 14.0 Å². The number of aliphatic imine (C=N–C) groups is 1. The fraction of sp³-hybridized carbons (Fsp3) is 0.154. The molecule has 9 heteroatoms. The van der Waals surface area contributed by atoms with Gasteiger partial charge in [-0.25, -0.2) is 9.79 Å². The second-order valence-corrected chi connectivity index (χ2v) is 8.78. The molecule has 0 amide bonds. The molecule has 0 aliphatic rings. The molecule has 0 saturated carbocycles. The molecule has 0 radical (unpaired) electrons. The van der Waals surface area contributed by atoms with E-state index in [1.807, 2.05) is 43.3 Å². The van der Waals surface area contributed by atoms with Crippen LogP contribution in [0.25, 0.3) is 21.9 Å². The van der Waals surface area contributed by atoms with Crippen LogP contribution in [0, 0.1) is 17.0 Å². The first-order valence-corrected chi connectivity index (χ1v) is 11.5. The SMILES string of the molecule is CCOC(=O)c1c(N=Cc2cccc([N+](=O)[O-])c2[O-])sc(C)c1-c1ccc2cc(OC)ccc2c1. The van der Waals surface area contributed by atoms with Gasteiger partial charge in [-0.15, -0.1) is 11.3 Å². The van der Waals surface area contributed by atoms with Gasteiger partial charge in [0.2, 0.25) is 0 Å². The highest BCUT2D eigenvalue weighted by Crippen LogP contribution is 2.43. The first-order chi connectivity index (χ1) is 16.8. The molecule has 3 aromatic carbocycles. The predicted octanol–water partition coefficient (Wildman–Crippen LogP) is 5.79. The summed E-state index contributed by atoms with van der Waals surface area (Å²) in [4.78, 5) is 28.6. The molecule has 8 nitrogen and oxygen atoms in total. The van der Waals surface area contributed by atoms with E-state index in [0.717, 1.165) is 33.0 Å². The van der Waals surface area contributed by atoms with Crippen LogP contribution in [0.4, 0.5) is 10.7 Å². The van der Waals surface area contributed by atoms with Crippen molar-refractivity contribution < 1.29 is 24.3 Å². The quantitative estimate of drug-likeness (QED) is 0.140. The smallest absolute Gasteiger partial charge is 0.341 e. The number of methoxy groups -OCH3 is 1. The maximum atomic E-state index is 13.0. The first kappa shape index (κ1) is 23.9. The minimum atomic E-state index is -0.739. The molecule has 0 saturated heterocycles. The molecule has 0 aliphatic carbocycles. The van der Waals surface area contributed by atoms with Gasteiger partial charge in [-0.3, -0.25) is 10.1 Å². The van der Waals surface area contributed by atoms with Crippen LogP contribution in [0.2, 0.25) is 0 Å². The largest absolute Gasteiger partial charge is 0.867 e. The molecule has 0 bridgehead atoms. The third-order valence-corrected chi connectivity index (χ3v) is 6.44. The number of ether oxygens (including phenoxy) is 2. The van der Waals surface area contributed by atoms with E-state index in [0.29, 0.717) is 10.6 Å². The highest BCUT2D eigenvalue weighted by atomic mass is 32.1. The minimum absolute atomic E-state index is 0.0567. The highest BCUT2D eigenvalue weighted by molar-refractivity contribution is 7.16. The number of nitro groups is 1. The first-order valence-electron chi connectivity index (χ1n) is 10.7. The maximum Gasteiger partial charge on any atom is 0.341 e. The Morgan fingerprint density at radius 2 is 1.89 bits per heavy atom. The van der Waals surface area contributed by atoms with Crippen LogP contribution in [0.1, 0.15) is 27.7 Å². The summed E-state index contributed by atoms with van der Waals surface area (Å²) in [5, 5.41) is 25.8. The van der Waals surface area contributed by atoms with E-state index in [2.05, 4.69) is 4.99 Å². The minimum Gasteiger partial charge on any atom is -0.867 e. The molecule has 0 spiro atoms. The summed E-state index contributed by atoms with van der Waals surface area (Å²) in [6.45, 7) is 3.78. The number of carbonyl (C=O) groups excluding carboxylic acids is 1. The topological polar surface area (TPSA) is 114 Å². The zero-order valence-corrected chi connectivity index (χ0v) is 20.0. The van der Waals surface area contributed by atoms with Gasteiger partial charge in [-0.05, 0) is 59.7 Å². The third kappa shape index (κ3) is 4.71. The van der Waals surface area contributed by atoms with Crippen molar-refractivity contribution in [3.05, 3.63) is 80.7 Å². The molecular formula is C26H21N2O6S-. The summed E-state index contributed by atoms with van der Waals surface area (Å²) < 4.78 is 10.6. The number of hydrogen-bond acceptors (Lipinski definition) is 8. The van der Waals surface area contributed by atoms with Crippen LogP contribution >= 0.6 is 11.3 Å². The van der Waals surface area contributed by atoms with Crippen molar-refractivity contribution in [1.82, 2.24) is 0 Å². The second-order valence-electron chi connectivity index (χ2n) is 7.57. The monoisotopic (exact) mass is 489 g/mol. The van der Waals surface area contributed by atoms with Gasteiger partial charge in [0.05, 0.1) is 18.6 Å². The van der Waals surface area contributed by atoms with E-state index in [4.69, 9.17) is 9.47 Å². The Kier molecular flexibility index (Phi) is 6.79. The summed E-state index contributed by atoms with van der Waals surface area (Å²) in [5.41, 5.74) is 1.33. The average molecular weight is 490 g/mol. The molecule has 4 aromatic rings. The summed E-state index contributed by atoms with van der Waals surface area (Å²) >= 11 is 1.28. The third-order valence-electron chi connectivity index (χ3n) is 5.42. The zero-order chi connectivity index (χ0) is 25.1. The van der Waals surface area contributed by atoms with Crippen molar-refractivity contribution in [2.75, 3.05) is 13.7 Å². The Morgan fingerprint density at radius 3 is 2.60 bits per heavy atom. The van der Waals surface area contributed by atoms with E-state index in [-0.39, 0.29) is 17.7 Å². The van der Waals surface area contributed by atoms with Crippen molar-refractivity contribution in [2.45, 2.75) is 13.8 Å². The molecule has 0 fully saturated rings. The maximum absolute atomic E-state index is 13.0. The molecule has 0 atom stereocenters. The number of nitro benzene ring substituents is 1. The fourth-order valence-electron chi connectivity index (χ4n) is 3.78. The number of hydrogen-bond donors (Lipinski definition) is 0. The van der Waals surface area contributed by atoms with Gasteiger partial charge < -0.3 is 14.6 Å². The molecule has 0 unspecified atom stereocenters. The Hall–Kier alpha value is -4.24. The van der Waals surface area contributed by atoms with Gasteiger partial charge in [-0.1, -0.05) is 30.3 Å². The van der Waals surface area contributed by atoms with Crippen molar-refractivity contribution in [3.8, 4) is 22.6 Å². The van der Waals surface area contributed by atoms with Gasteiger partial charge in [0.15, 0.2) is 0 Å². The molecule has 0 aliphatic heterocycles. The number of benzene rings is 3.